The Labute approximate surface area is 788 Å². The van der Waals surface area contributed by atoms with Crippen molar-refractivity contribution >= 4 is 117 Å². The number of fused-ring (bicyclic) bond motifs is 3. The number of aliphatic hydroxyl groups is 2. The Kier molecular flexibility index (Phi) is 41.6. The van der Waals surface area contributed by atoms with Crippen LogP contribution in [0.25, 0.3) is 11.2 Å². The van der Waals surface area contributed by atoms with Gasteiger partial charge in [-0.2, -0.15) is 4.98 Å². The summed E-state index contributed by atoms with van der Waals surface area (Å²) in [6, 6.07) is 3.75. The van der Waals surface area contributed by atoms with E-state index in [1.54, 1.807) is 30.3 Å². The third-order valence-electron chi connectivity index (χ3n) is 21.9. The number of aromatic nitrogens is 11. The highest BCUT2D eigenvalue weighted by Gasteiger charge is 2.38. The zero-order chi connectivity index (χ0) is 99.7. The van der Waals surface area contributed by atoms with Crippen molar-refractivity contribution in [3.63, 3.8) is 0 Å². The number of rotatable bonds is 43. The maximum absolute atomic E-state index is 15.1. The number of amides is 14. The standard InChI is InChI=1S/C88H116N28O22/c1-48-21-23-51(24-22-48)16-13-20-68(119)93-31-10-7-17-59(77(125)97-42-70(121)103-63(34-52-14-5-4-6-15-52)79(127)107-61(86(134)135)19-8-11-32-94-71(122)45-138-90)105-78(126)60-18-9-12-33-116-43-57(114-115-116)37-64(102-69(120)30-29-62(87(136)137)106-76(124)53-25-27-54(28-26-53)95-40-58-41-96-74-73(101-58)85(133)113-88(89)112-74)80(128)108-65(35-55-38-91-46-98-55)81(129)110-67(44-117)83(131)109-66(36-56-39-92-47-99-56)82(130)111-72(50(3)118)84(132)100-49(2)75(123)104-60/h4-6,14-15,21-28,38-39,41,43,46-47,49-50,59-67,72,95,117-118H,7-13,16-20,29-37,40,42,44-45,90H2,1-3H3,(H,91,98)(H,92,99)(H,93,119)(H,94,122)(H,97,125)(H,100,132)(H,102,120)(H,103,121)(H,104,123)(H,105,126)(H,106,124)(H,107,127)(H,108,128)(H,109,131)(H,110,129)(H,111,130)(H,134,135)(H,136,137)(H3,89,96,112,113,133)/t49-,50+,59+,60+,61+,62+,63+,64+,65-,66-,67-,72-/m1/s1. The van der Waals surface area contributed by atoms with Crippen molar-refractivity contribution < 1.29 is 102 Å². The molecule has 0 unspecified atom stereocenters. The van der Waals surface area contributed by atoms with Crippen molar-refractivity contribution in [2.75, 3.05) is 43.9 Å². The average molecular weight is 1920 g/mol. The number of carbonyl (C=O) groups excluding carboxylic acids is 14. The molecule has 12 atom stereocenters. The lowest BCUT2D eigenvalue weighted by molar-refractivity contribution is -0.142. The molecule has 138 heavy (non-hydrogen) atoms. The molecule has 5 aromatic heterocycles. The first-order chi connectivity index (χ1) is 66.2. The smallest absolute Gasteiger partial charge is 0.326 e. The molecule has 50 nitrogen and oxygen atoms in total. The summed E-state index contributed by atoms with van der Waals surface area (Å²) in [5.41, 5.74) is 8.97. The van der Waals surface area contributed by atoms with Crippen LogP contribution < -0.4 is 96.9 Å². The molecular formula is C88H116N28O22. The van der Waals surface area contributed by atoms with E-state index in [4.69, 9.17) is 11.6 Å². The van der Waals surface area contributed by atoms with Crippen LogP contribution in [0.4, 0.5) is 11.6 Å². The molecule has 9 rings (SSSR count). The third-order valence-corrected chi connectivity index (χ3v) is 21.9. The van der Waals surface area contributed by atoms with E-state index < -0.39 is 219 Å². The van der Waals surface area contributed by atoms with Gasteiger partial charge >= 0.3 is 11.9 Å². The van der Waals surface area contributed by atoms with Gasteiger partial charge in [0.15, 0.2) is 11.2 Å². The molecule has 26 N–H and O–H groups in total. The second-order valence-electron chi connectivity index (χ2n) is 32.9. The van der Waals surface area contributed by atoms with E-state index in [1.807, 2.05) is 31.2 Å². The Hall–Kier alpha value is -15.6. The fourth-order valence-corrected chi connectivity index (χ4v) is 14.4. The molecule has 2 bridgehead atoms. The number of nitrogens with zero attached hydrogens (tertiary/aromatic N) is 8. The number of carboxylic acids is 2. The Morgan fingerprint density at radius 2 is 1.25 bits per heavy atom. The van der Waals surface area contributed by atoms with Crippen LogP contribution in [-0.2, 0) is 122 Å². The molecule has 14 amide bonds. The first-order valence-electron chi connectivity index (χ1n) is 44.7. The third kappa shape index (κ3) is 35.0. The van der Waals surface area contributed by atoms with Crippen molar-refractivity contribution in [3.8, 4) is 0 Å². The highest BCUT2D eigenvalue weighted by Crippen LogP contribution is 2.18. The van der Waals surface area contributed by atoms with Gasteiger partial charge in [-0.15, -0.1) is 5.10 Å². The Morgan fingerprint density at radius 3 is 1.89 bits per heavy atom. The number of carbonyl (C=O) groups is 16. The fourth-order valence-electron chi connectivity index (χ4n) is 14.4. The normalized spacial score (nSPS) is 18.1. The Balaban J connectivity index is 0.957. The van der Waals surface area contributed by atoms with Crippen LogP contribution in [-0.4, -0.2) is 275 Å². The van der Waals surface area contributed by atoms with Crippen LogP contribution in [0, 0.1) is 6.92 Å². The van der Waals surface area contributed by atoms with Crippen LogP contribution in [0.3, 0.4) is 0 Å². The molecule has 0 saturated heterocycles. The predicted octanol–water partition coefficient (Wildman–Crippen LogP) is -4.70. The first kappa shape index (κ1) is 106. The summed E-state index contributed by atoms with van der Waals surface area (Å²) in [7, 11) is 0. The highest BCUT2D eigenvalue weighted by atomic mass is 16.6. The summed E-state index contributed by atoms with van der Waals surface area (Å²) in [6.07, 6.45) is 5.32. The zero-order valence-corrected chi connectivity index (χ0v) is 75.9. The number of carboxylic acid groups (broad SMARTS) is 2. The first-order valence-corrected chi connectivity index (χ1v) is 44.7. The highest BCUT2D eigenvalue weighted by molar-refractivity contribution is 6.00. The molecule has 1 aliphatic heterocycles. The summed E-state index contributed by atoms with van der Waals surface area (Å²) < 4.78 is 1.32. The molecule has 740 valence electrons. The second-order valence-corrected chi connectivity index (χ2v) is 32.9. The maximum Gasteiger partial charge on any atom is 0.326 e. The van der Waals surface area contributed by atoms with Crippen molar-refractivity contribution in [2.24, 2.45) is 5.90 Å². The van der Waals surface area contributed by atoms with Crippen LogP contribution in [0.15, 0.2) is 121 Å². The van der Waals surface area contributed by atoms with Gasteiger partial charge in [-0.05, 0) is 133 Å². The molecule has 6 heterocycles. The van der Waals surface area contributed by atoms with Gasteiger partial charge in [0.05, 0.1) is 56.0 Å². The molecule has 50 heteroatoms. The van der Waals surface area contributed by atoms with E-state index in [1.165, 1.54) is 73.3 Å². The predicted molar refractivity (Wildman–Crippen MR) is 489 cm³/mol. The minimum absolute atomic E-state index is 0.00362. The SMILES string of the molecule is Cc1ccc(CCCC(=O)NCCCC[C@H](NC(=O)[C@@H]2CCCCn3cc(nn3)C[C@H](NC(=O)CC[C@H](NC(=O)c3ccc(NCc4cnc5nc(N)[nH]c(=O)c5n4)cc3)C(=O)O)C(=O)N[C@H](Cc3cnc[nH]3)C(=O)N[C@H](CO)C(=O)N[C@H](Cc3cnc[nH]3)C(=O)N[C@H]([C@H](C)O)C(=O)N[C@H](C)C(=O)N2)C(=O)NCC(=O)N[C@@H](Cc2ccccc2)C(=O)N[C@@H](CCCCNC(=O)CON)C(=O)O)cc1. The van der Waals surface area contributed by atoms with E-state index in [9.17, 15) is 97.1 Å². The number of anilines is 2. The molecule has 8 aromatic rings. The number of hydrogen-bond acceptors (Lipinski definition) is 30. The van der Waals surface area contributed by atoms with E-state index in [2.05, 4.69) is 135 Å². The number of aliphatic hydroxyl groups excluding tert-OH is 2. The van der Waals surface area contributed by atoms with Gasteiger partial charge in [0.2, 0.25) is 82.7 Å². The average Bonchev–Trinajstić information content (AvgIpc) is 1.09. The lowest BCUT2D eigenvalue weighted by Crippen LogP contribution is -2.62. The lowest BCUT2D eigenvalue weighted by atomic mass is 10.0. The lowest BCUT2D eigenvalue weighted by Gasteiger charge is -2.28. The van der Waals surface area contributed by atoms with Crippen molar-refractivity contribution in [2.45, 2.75) is 222 Å². The van der Waals surface area contributed by atoms with Crippen molar-refractivity contribution in [1.29, 1.82) is 0 Å². The number of imidazole rings is 2. The largest absolute Gasteiger partial charge is 0.480 e. The summed E-state index contributed by atoms with van der Waals surface area (Å²) >= 11 is 0. The summed E-state index contributed by atoms with van der Waals surface area (Å²) in [5.74, 6) is -11.3. The molecule has 0 radical (unpaired) electrons. The van der Waals surface area contributed by atoms with E-state index in [-0.39, 0.29) is 136 Å². The monoisotopic (exact) mass is 1920 g/mol. The zero-order valence-electron chi connectivity index (χ0n) is 75.9. The van der Waals surface area contributed by atoms with Crippen LogP contribution in [0.5, 0.6) is 0 Å². The number of H-pyrrole nitrogens is 3. The summed E-state index contributed by atoms with van der Waals surface area (Å²) in [5, 5.41) is 89.5. The number of nitrogen functional groups attached to an aromatic ring is 1. The molecule has 0 spiro atoms. The number of benzene rings is 3. The molecule has 1 aliphatic rings. The summed E-state index contributed by atoms with van der Waals surface area (Å²) in [6.45, 7) is 2.22. The van der Waals surface area contributed by atoms with Crippen LogP contribution in [0.2, 0.25) is 0 Å². The van der Waals surface area contributed by atoms with E-state index in [0.29, 0.717) is 36.2 Å². The fraction of sp³-hybridized carbons (Fsp3) is 0.455. The number of hydrogen-bond donors (Lipinski definition) is 24. The minimum Gasteiger partial charge on any atom is -0.480 e. The van der Waals surface area contributed by atoms with Gasteiger partial charge in [0, 0.05) is 99.4 Å². The number of unbranched alkanes of at least 4 members (excludes halogenated alkanes) is 2. The molecule has 0 fully saturated rings. The molecule has 0 saturated carbocycles. The van der Waals surface area contributed by atoms with Crippen LogP contribution >= 0.6 is 0 Å². The van der Waals surface area contributed by atoms with Gasteiger partial charge in [-0.25, -0.2) is 35.4 Å². The summed E-state index contributed by atoms with van der Waals surface area (Å²) in [4.78, 5) is 269. The van der Waals surface area contributed by atoms with Crippen molar-refractivity contribution in [3.05, 3.63) is 172 Å². The Morgan fingerprint density at radius 1 is 0.609 bits per heavy atom. The number of aryl methyl sites for hydroxylation is 3. The topological polar surface area (TPSA) is 755 Å². The van der Waals surface area contributed by atoms with Gasteiger partial charge in [-0.1, -0.05) is 65.4 Å². The van der Waals surface area contributed by atoms with E-state index in [0.717, 1.165) is 18.1 Å². The van der Waals surface area contributed by atoms with Gasteiger partial charge in [-0.3, -0.25) is 86.4 Å². The second kappa shape index (κ2) is 54.1. The number of aliphatic carboxylic acids is 2. The van der Waals surface area contributed by atoms with Gasteiger partial charge in [0.1, 0.15) is 73.1 Å². The van der Waals surface area contributed by atoms with Gasteiger partial charge in [0.25, 0.3) is 11.5 Å². The van der Waals surface area contributed by atoms with E-state index >= 15 is 4.79 Å². The Bertz CT molecular complexity index is 5530. The molecule has 0 aliphatic carbocycles. The minimum atomic E-state index is -1.92. The van der Waals surface area contributed by atoms with Gasteiger partial charge < -0.3 is 116 Å². The quantitative estimate of drug-likeness (QED) is 0.0126. The number of aromatic amines is 3. The molecular weight excluding hydrogens is 1800 g/mol. The number of nitrogens with two attached hydrogens (primary N) is 2. The van der Waals surface area contributed by atoms with Crippen LogP contribution in [0.1, 0.15) is 147 Å². The maximum atomic E-state index is 15.1. The number of nitrogens with one attached hydrogen (secondary N) is 18. The van der Waals surface area contributed by atoms with Crippen molar-refractivity contribution in [1.82, 2.24) is 129 Å². The molecule has 3 aromatic carbocycles.